The number of urea groups is 1. The van der Waals surface area contributed by atoms with E-state index < -0.39 is 16.5 Å². The van der Waals surface area contributed by atoms with E-state index in [1.807, 2.05) is 6.07 Å². The highest BCUT2D eigenvalue weighted by Gasteiger charge is 2.19. The average Bonchev–Trinajstić information content (AvgIpc) is 2.87. The highest BCUT2D eigenvalue weighted by Crippen LogP contribution is 2.27. The topological polar surface area (TPSA) is 111 Å². The number of amides is 2. The lowest BCUT2D eigenvalue weighted by molar-refractivity contribution is -0.384. The van der Waals surface area contributed by atoms with Crippen LogP contribution in [-0.2, 0) is 7.05 Å². The van der Waals surface area contributed by atoms with Crippen molar-refractivity contribution in [2.45, 2.75) is 6.92 Å². The molecule has 0 radical (unpaired) electrons. The van der Waals surface area contributed by atoms with Gasteiger partial charge in [-0.25, -0.2) is 9.48 Å². The van der Waals surface area contributed by atoms with Gasteiger partial charge in [0, 0.05) is 19.2 Å². The molecule has 3 aromatic rings. The number of nitro groups is 1. The van der Waals surface area contributed by atoms with Gasteiger partial charge >= 0.3 is 6.03 Å². The number of aromatic nitrogens is 2. The van der Waals surface area contributed by atoms with Crippen molar-refractivity contribution >= 4 is 34.7 Å². The van der Waals surface area contributed by atoms with Crippen LogP contribution in [0.3, 0.4) is 0 Å². The van der Waals surface area contributed by atoms with Crippen LogP contribution in [-0.4, -0.2) is 20.3 Å². The maximum absolute atomic E-state index is 12.8. The van der Waals surface area contributed by atoms with Gasteiger partial charge in [-0.2, -0.15) is 0 Å². The highest BCUT2D eigenvalue weighted by molar-refractivity contribution is 6.33. The van der Waals surface area contributed by atoms with Gasteiger partial charge < -0.3 is 10.6 Å². The van der Waals surface area contributed by atoms with Gasteiger partial charge in [0.2, 0.25) is 0 Å². The summed E-state index contributed by atoms with van der Waals surface area (Å²) in [6.07, 6.45) is 0. The Morgan fingerprint density at radius 2 is 1.82 bits per heavy atom. The molecule has 2 amide bonds. The van der Waals surface area contributed by atoms with Gasteiger partial charge in [-0.05, 0) is 25.1 Å². The van der Waals surface area contributed by atoms with Crippen LogP contribution in [0.4, 0.5) is 21.9 Å². The summed E-state index contributed by atoms with van der Waals surface area (Å²) in [5.74, 6) is 0. The number of non-ortho nitro benzene ring substituents is 1. The van der Waals surface area contributed by atoms with Crippen LogP contribution in [0.1, 0.15) is 5.69 Å². The predicted octanol–water partition coefficient (Wildman–Crippen LogP) is 3.69. The Balaban J connectivity index is 1.89. The molecule has 1 heterocycles. The van der Waals surface area contributed by atoms with Gasteiger partial charge in [0.15, 0.2) is 0 Å². The maximum Gasteiger partial charge on any atom is 0.323 e. The fourth-order valence-corrected chi connectivity index (χ4v) is 2.87. The Kier molecular flexibility index (Phi) is 5.18. The number of hydrogen-bond acceptors (Lipinski definition) is 4. The SMILES string of the molecule is Cc1c(NC(=O)Nc2cc([N+](=O)[O-])ccc2Cl)c(=O)n(-c2ccccc2)n1C. The Bertz CT molecular complexity index is 1120. The van der Waals surface area contributed by atoms with Crippen molar-refractivity contribution in [3.8, 4) is 5.69 Å². The minimum absolute atomic E-state index is 0.0605. The minimum atomic E-state index is -0.742. The molecule has 0 unspecified atom stereocenters. The third-order valence-corrected chi connectivity index (χ3v) is 4.53. The molecule has 0 atom stereocenters. The zero-order valence-corrected chi connectivity index (χ0v) is 15.7. The number of carbonyl (C=O) groups is 1. The van der Waals surface area contributed by atoms with E-state index in [0.29, 0.717) is 11.4 Å². The quantitative estimate of drug-likeness (QED) is 0.513. The normalized spacial score (nSPS) is 10.5. The number of halogens is 1. The molecule has 0 saturated heterocycles. The zero-order valence-electron chi connectivity index (χ0n) is 15.0. The summed E-state index contributed by atoms with van der Waals surface area (Å²) in [5, 5.41) is 16.0. The van der Waals surface area contributed by atoms with Crippen LogP contribution in [0.15, 0.2) is 53.3 Å². The molecule has 0 bridgehead atoms. The summed E-state index contributed by atoms with van der Waals surface area (Å²) in [6.45, 7) is 1.69. The first-order valence-electron chi connectivity index (χ1n) is 8.15. The minimum Gasteiger partial charge on any atom is -0.306 e. The maximum atomic E-state index is 12.8. The molecule has 0 fully saturated rings. The van der Waals surface area contributed by atoms with Crippen molar-refractivity contribution in [3.05, 3.63) is 79.7 Å². The van der Waals surface area contributed by atoms with E-state index in [4.69, 9.17) is 11.6 Å². The molecule has 1 aromatic heterocycles. The predicted molar refractivity (Wildman–Crippen MR) is 106 cm³/mol. The van der Waals surface area contributed by atoms with Gasteiger partial charge in [0.25, 0.3) is 11.2 Å². The van der Waals surface area contributed by atoms with Gasteiger partial charge in [0.05, 0.1) is 27.0 Å². The summed E-state index contributed by atoms with van der Waals surface area (Å²) in [6, 6.07) is 11.9. The summed E-state index contributed by atoms with van der Waals surface area (Å²) in [5.41, 5.74) is 0.701. The second-order valence-electron chi connectivity index (χ2n) is 5.94. The van der Waals surface area contributed by atoms with E-state index in [1.165, 1.54) is 16.8 Å². The molecule has 0 spiro atoms. The van der Waals surface area contributed by atoms with E-state index in [1.54, 1.807) is 42.9 Å². The van der Waals surface area contributed by atoms with Gasteiger partial charge in [-0.1, -0.05) is 29.8 Å². The van der Waals surface area contributed by atoms with Gasteiger partial charge in [-0.15, -0.1) is 0 Å². The molecule has 0 saturated carbocycles. The fourth-order valence-electron chi connectivity index (χ4n) is 2.70. The second kappa shape index (κ2) is 7.57. The zero-order chi connectivity index (χ0) is 20.4. The van der Waals surface area contributed by atoms with E-state index in [-0.39, 0.29) is 22.1 Å². The first-order chi connectivity index (χ1) is 13.3. The van der Waals surface area contributed by atoms with Crippen LogP contribution < -0.4 is 16.2 Å². The largest absolute Gasteiger partial charge is 0.323 e. The number of hydrogen-bond donors (Lipinski definition) is 2. The molecule has 0 aliphatic heterocycles. The van der Waals surface area contributed by atoms with E-state index in [9.17, 15) is 19.7 Å². The van der Waals surface area contributed by atoms with Crippen molar-refractivity contribution in [3.63, 3.8) is 0 Å². The molecule has 3 rings (SSSR count). The summed E-state index contributed by atoms with van der Waals surface area (Å²) in [7, 11) is 1.70. The molecule has 9 nitrogen and oxygen atoms in total. The Morgan fingerprint density at radius 1 is 1.14 bits per heavy atom. The lowest BCUT2D eigenvalue weighted by Crippen LogP contribution is -2.25. The lowest BCUT2D eigenvalue weighted by atomic mass is 10.3. The molecule has 28 heavy (non-hydrogen) atoms. The standard InChI is InChI=1S/C18H16ClN5O4/c1-11-16(17(25)23(22(11)2)12-6-4-3-5-7-12)21-18(26)20-15-10-13(24(27)28)8-9-14(15)19/h3-10H,1-2H3,(H2,20,21,26). The third kappa shape index (κ3) is 3.60. The van der Waals surface area contributed by atoms with Crippen molar-refractivity contribution in [2.75, 3.05) is 10.6 Å². The number of anilines is 2. The second-order valence-corrected chi connectivity index (χ2v) is 6.34. The average molecular weight is 402 g/mol. The summed E-state index contributed by atoms with van der Waals surface area (Å²) >= 11 is 5.98. The lowest BCUT2D eigenvalue weighted by Gasteiger charge is -2.08. The molecule has 2 N–H and O–H groups in total. The van der Waals surface area contributed by atoms with E-state index in [0.717, 1.165) is 6.07 Å². The number of benzene rings is 2. The van der Waals surface area contributed by atoms with Crippen molar-refractivity contribution in [2.24, 2.45) is 7.05 Å². The van der Waals surface area contributed by atoms with Crippen molar-refractivity contribution < 1.29 is 9.72 Å². The fraction of sp³-hybridized carbons (Fsp3) is 0.111. The number of nitrogens with zero attached hydrogens (tertiary/aromatic N) is 3. The van der Waals surface area contributed by atoms with E-state index in [2.05, 4.69) is 10.6 Å². The molecule has 10 heteroatoms. The molecular formula is C18H16ClN5O4. The highest BCUT2D eigenvalue weighted by atomic mass is 35.5. The number of nitro benzene ring substituents is 1. The summed E-state index contributed by atoms with van der Waals surface area (Å²) in [4.78, 5) is 35.5. The number of para-hydroxylation sites is 1. The Labute approximate surface area is 164 Å². The number of carbonyl (C=O) groups excluding carboxylic acids is 1. The molecule has 0 aliphatic rings. The Morgan fingerprint density at radius 3 is 2.46 bits per heavy atom. The molecule has 144 valence electrons. The van der Waals surface area contributed by atoms with Crippen LogP contribution in [0.2, 0.25) is 5.02 Å². The van der Waals surface area contributed by atoms with E-state index >= 15 is 0 Å². The van der Waals surface area contributed by atoms with Crippen LogP contribution >= 0.6 is 11.6 Å². The monoisotopic (exact) mass is 401 g/mol. The first kappa shape index (κ1) is 19.2. The van der Waals surface area contributed by atoms with Crippen molar-refractivity contribution in [1.82, 2.24) is 9.36 Å². The van der Waals surface area contributed by atoms with Crippen LogP contribution in [0.25, 0.3) is 5.69 Å². The van der Waals surface area contributed by atoms with Crippen LogP contribution in [0.5, 0.6) is 0 Å². The first-order valence-corrected chi connectivity index (χ1v) is 8.53. The number of rotatable bonds is 4. The molecule has 0 aliphatic carbocycles. The smallest absolute Gasteiger partial charge is 0.306 e. The Hall–Kier alpha value is -3.59. The third-order valence-electron chi connectivity index (χ3n) is 4.20. The van der Waals surface area contributed by atoms with Gasteiger partial charge in [0.1, 0.15) is 5.69 Å². The van der Waals surface area contributed by atoms with Gasteiger partial charge in [-0.3, -0.25) is 19.6 Å². The summed E-state index contributed by atoms with van der Waals surface area (Å²) < 4.78 is 3.04. The van der Waals surface area contributed by atoms with Crippen molar-refractivity contribution in [1.29, 1.82) is 0 Å². The molecular weight excluding hydrogens is 386 g/mol. The van der Waals surface area contributed by atoms with Crippen LogP contribution in [0, 0.1) is 17.0 Å². The number of nitrogens with one attached hydrogen (secondary N) is 2. The molecule has 2 aromatic carbocycles.